The molecule has 1 aliphatic rings. The molecule has 0 aromatic heterocycles. The Morgan fingerprint density at radius 3 is 2.29 bits per heavy atom. The molecule has 1 fully saturated rings. The maximum atomic E-state index is 11.1. The predicted molar refractivity (Wildman–Crippen MR) is 49.5 cm³/mol. The van der Waals surface area contributed by atoms with Crippen LogP contribution in [0.5, 0.6) is 0 Å². The molecule has 5 heteroatoms. The van der Waals surface area contributed by atoms with Crippen molar-refractivity contribution in [2.75, 3.05) is 32.7 Å². The summed E-state index contributed by atoms with van der Waals surface area (Å²) in [6, 6.07) is 0. The number of carbonyl (C=O) groups is 2. The first kappa shape index (κ1) is 10.5. The first-order chi connectivity index (χ1) is 6.63. The summed E-state index contributed by atoms with van der Waals surface area (Å²) in [6.07, 6.45) is 4.97. The lowest BCUT2D eigenvalue weighted by Crippen LogP contribution is -2.49. The number of hydrogen-bond acceptors (Lipinski definition) is 3. The zero-order valence-corrected chi connectivity index (χ0v) is 7.77. The van der Waals surface area contributed by atoms with E-state index >= 15 is 0 Å². The average molecular weight is 196 g/mol. The molecular weight excluding hydrogens is 184 g/mol. The second kappa shape index (κ2) is 4.63. The fraction of sp³-hybridized carbons (Fsp3) is 0.556. The van der Waals surface area contributed by atoms with Gasteiger partial charge in [0.2, 0.25) is 0 Å². The van der Waals surface area contributed by atoms with Crippen LogP contribution >= 0.6 is 0 Å². The highest BCUT2D eigenvalue weighted by atomic mass is 16.4. The van der Waals surface area contributed by atoms with Crippen LogP contribution in [0.2, 0.25) is 0 Å². The van der Waals surface area contributed by atoms with E-state index in [-0.39, 0.29) is 12.5 Å². The molecule has 0 unspecified atom stereocenters. The minimum Gasteiger partial charge on any atom is -0.480 e. The van der Waals surface area contributed by atoms with E-state index in [4.69, 9.17) is 11.5 Å². The van der Waals surface area contributed by atoms with Crippen molar-refractivity contribution in [3.05, 3.63) is 0 Å². The minimum atomic E-state index is -0.846. The molecule has 1 saturated heterocycles. The van der Waals surface area contributed by atoms with Gasteiger partial charge in [-0.05, 0) is 5.92 Å². The van der Waals surface area contributed by atoms with Gasteiger partial charge in [0.1, 0.15) is 0 Å². The topological polar surface area (TPSA) is 60.9 Å². The minimum absolute atomic E-state index is 0.0259. The van der Waals surface area contributed by atoms with E-state index in [2.05, 4.69) is 0 Å². The van der Waals surface area contributed by atoms with Gasteiger partial charge >= 0.3 is 5.97 Å². The third-order valence-electron chi connectivity index (χ3n) is 2.14. The van der Waals surface area contributed by atoms with Crippen LogP contribution in [0.1, 0.15) is 0 Å². The standard InChI is InChI=1S/C9H12N2O3/c1-2-8(12)11-5-3-10(4-6-11)7-9(13)14/h1H,3-7H2,(H,13,14). The lowest BCUT2D eigenvalue weighted by molar-refractivity contribution is -0.139. The summed E-state index contributed by atoms with van der Waals surface area (Å²) in [5, 5.41) is 8.53. The van der Waals surface area contributed by atoms with Crippen molar-refractivity contribution in [1.82, 2.24) is 9.80 Å². The number of carboxylic acid groups (broad SMARTS) is 1. The Labute approximate surface area is 82.3 Å². The van der Waals surface area contributed by atoms with Gasteiger partial charge in [-0.25, -0.2) is 0 Å². The van der Waals surface area contributed by atoms with Crippen molar-refractivity contribution in [2.24, 2.45) is 0 Å². The fourth-order valence-corrected chi connectivity index (χ4v) is 1.39. The monoisotopic (exact) mass is 196 g/mol. The van der Waals surface area contributed by atoms with Gasteiger partial charge in [-0.1, -0.05) is 0 Å². The van der Waals surface area contributed by atoms with Crippen LogP contribution in [0.25, 0.3) is 0 Å². The van der Waals surface area contributed by atoms with Crippen LogP contribution < -0.4 is 0 Å². The van der Waals surface area contributed by atoms with Crippen molar-refractivity contribution >= 4 is 11.9 Å². The number of rotatable bonds is 2. The quantitative estimate of drug-likeness (QED) is 0.566. The normalized spacial score (nSPS) is 17.5. The van der Waals surface area contributed by atoms with E-state index < -0.39 is 5.97 Å². The maximum absolute atomic E-state index is 11.1. The molecule has 0 atom stereocenters. The molecule has 1 aliphatic heterocycles. The molecule has 0 aliphatic carbocycles. The van der Waals surface area contributed by atoms with E-state index in [1.807, 2.05) is 5.92 Å². The predicted octanol–water partition coefficient (Wildman–Crippen LogP) is -1.15. The Balaban J connectivity index is 2.35. The lowest BCUT2D eigenvalue weighted by atomic mass is 10.3. The Morgan fingerprint density at radius 2 is 1.86 bits per heavy atom. The molecule has 1 rings (SSSR count). The lowest BCUT2D eigenvalue weighted by Gasteiger charge is -2.32. The maximum Gasteiger partial charge on any atom is 0.317 e. The van der Waals surface area contributed by atoms with Gasteiger partial charge in [0.15, 0.2) is 0 Å². The summed E-state index contributed by atoms with van der Waals surface area (Å²) in [6.45, 7) is 2.18. The number of amides is 1. The molecule has 1 heterocycles. The summed E-state index contributed by atoms with van der Waals surface area (Å²) in [5.74, 6) is 0.877. The third-order valence-corrected chi connectivity index (χ3v) is 2.14. The van der Waals surface area contributed by atoms with E-state index in [0.717, 1.165) is 0 Å². The third kappa shape index (κ3) is 2.75. The van der Waals surface area contributed by atoms with Gasteiger partial charge in [-0.3, -0.25) is 14.5 Å². The first-order valence-corrected chi connectivity index (χ1v) is 4.33. The van der Waals surface area contributed by atoms with Crippen LogP contribution in [-0.2, 0) is 9.59 Å². The Hall–Kier alpha value is -1.54. The SMILES string of the molecule is C#CC(=O)N1CCN(CC(=O)O)CC1. The van der Waals surface area contributed by atoms with Crippen LogP contribution in [0, 0.1) is 12.3 Å². The van der Waals surface area contributed by atoms with E-state index in [0.29, 0.717) is 26.2 Å². The van der Waals surface area contributed by atoms with Crippen LogP contribution in [0.15, 0.2) is 0 Å². The molecule has 0 saturated carbocycles. The second-order valence-electron chi connectivity index (χ2n) is 3.11. The number of nitrogens with zero attached hydrogens (tertiary/aromatic N) is 2. The average Bonchev–Trinajstić information content (AvgIpc) is 2.17. The Morgan fingerprint density at radius 1 is 1.29 bits per heavy atom. The molecule has 0 bridgehead atoms. The zero-order chi connectivity index (χ0) is 10.6. The summed E-state index contributed by atoms with van der Waals surface area (Å²) < 4.78 is 0. The van der Waals surface area contributed by atoms with Crippen molar-refractivity contribution in [1.29, 1.82) is 0 Å². The Bertz CT molecular complexity index is 274. The number of aliphatic carboxylic acids is 1. The van der Waals surface area contributed by atoms with Gasteiger partial charge < -0.3 is 10.0 Å². The highest BCUT2D eigenvalue weighted by Crippen LogP contribution is 2.01. The molecule has 0 spiro atoms. The van der Waals surface area contributed by atoms with Gasteiger partial charge in [0.25, 0.3) is 5.91 Å². The van der Waals surface area contributed by atoms with Crippen molar-refractivity contribution in [3.8, 4) is 12.3 Å². The molecule has 5 nitrogen and oxygen atoms in total. The molecule has 14 heavy (non-hydrogen) atoms. The summed E-state index contributed by atoms with van der Waals surface area (Å²) in [5.41, 5.74) is 0. The van der Waals surface area contributed by atoms with Crippen molar-refractivity contribution < 1.29 is 14.7 Å². The molecule has 76 valence electrons. The van der Waals surface area contributed by atoms with Crippen LogP contribution in [-0.4, -0.2) is 59.5 Å². The zero-order valence-electron chi connectivity index (χ0n) is 7.77. The summed E-state index contributed by atoms with van der Waals surface area (Å²) in [7, 11) is 0. The summed E-state index contributed by atoms with van der Waals surface area (Å²) >= 11 is 0. The highest BCUT2D eigenvalue weighted by Gasteiger charge is 2.20. The molecular formula is C9H12N2O3. The van der Waals surface area contributed by atoms with Crippen molar-refractivity contribution in [2.45, 2.75) is 0 Å². The molecule has 0 radical (unpaired) electrons. The van der Waals surface area contributed by atoms with Gasteiger partial charge in [-0.2, -0.15) is 0 Å². The van der Waals surface area contributed by atoms with Crippen LogP contribution in [0.4, 0.5) is 0 Å². The molecule has 1 amide bonds. The highest BCUT2D eigenvalue weighted by molar-refractivity contribution is 5.92. The van der Waals surface area contributed by atoms with Gasteiger partial charge in [0, 0.05) is 26.2 Å². The van der Waals surface area contributed by atoms with Gasteiger partial charge in [0.05, 0.1) is 6.54 Å². The smallest absolute Gasteiger partial charge is 0.317 e. The number of carboxylic acids is 1. The van der Waals surface area contributed by atoms with Crippen LogP contribution in [0.3, 0.4) is 0 Å². The Kier molecular flexibility index (Phi) is 3.48. The largest absolute Gasteiger partial charge is 0.480 e. The number of carbonyl (C=O) groups excluding carboxylic acids is 1. The number of hydrogen-bond donors (Lipinski definition) is 1. The molecule has 0 aromatic rings. The summed E-state index contributed by atoms with van der Waals surface area (Å²) in [4.78, 5) is 24.8. The van der Waals surface area contributed by atoms with Gasteiger partial charge in [-0.15, -0.1) is 6.42 Å². The second-order valence-corrected chi connectivity index (χ2v) is 3.11. The van der Waals surface area contributed by atoms with Crippen molar-refractivity contribution in [3.63, 3.8) is 0 Å². The number of piperazine rings is 1. The number of terminal acetylenes is 1. The first-order valence-electron chi connectivity index (χ1n) is 4.33. The molecule has 1 N–H and O–H groups in total. The van der Waals surface area contributed by atoms with E-state index in [1.165, 1.54) is 0 Å². The fourth-order valence-electron chi connectivity index (χ4n) is 1.39. The van der Waals surface area contributed by atoms with E-state index in [9.17, 15) is 9.59 Å². The molecule has 0 aromatic carbocycles. The van der Waals surface area contributed by atoms with E-state index in [1.54, 1.807) is 9.80 Å².